The van der Waals surface area contributed by atoms with Crippen molar-refractivity contribution < 1.29 is 13.5 Å². The highest BCUT2D eigenvalue weighted by Crippen LogP contribution is 2.15. The third kappa shape index (κ3) is 3.63. The second-order valence-corrected chi connectivity index (χ2v) is 6.00. The van der Waals surface area contributed by atoms with Crippen molar-refractivity contribution in [2.24, 2.45) is 0 Å². The molecule has 6 heteroatoms. The zero-order valence-electron chi connectivity index (χ0n) is 10.9. The van der Waals surface area contributed by atoms with Crippen LogP contribution in [0.1, 0.15) is 11.1 Å². The summed E-state index contributed by atoms with van der Waals surface area (Å²) in [4.78, 5) is 4.03. The molecule has 0 amide bonds. The standard InChI is InChI=1S/C14H16N2O3S/c17-11-13-3-1-2-4-14(13)20(18,19)16-10-7-12-5-8-15-9-6-12/h1-6,8-9,16-17H,7,10-11H2. The number of nitrogens with zero attached hydrogens (tertiary/aromatic N) is 1. The summed E-state index contributed by atoms with van der Waals surface area (Å²) >= 11 is 0. The molecule has 0 aliphatic heterocycles. The Kier molecular flexibility index (Phi) is 4.84. The first-order chi connectivity index (χ1) is 9.63. The molecule has 2 N–H and O–H groups in total. The van der Waals surface area contributed by atoms with Crippen molar-refractivity contribution in [3.8, 4) is 0 Å². The Labute approximate surface area is 118 Å². The van der Waals surface area contributed by atoms with Gasteiger partial charge in [-0.2, -0.15) is 0 Å². The molecule has 106 valence electrons. The number of rotatable bonds is 6. The molecule has 0 aliphatic carbocycles. The van der Waals surface area contributed by atoms with Gasteiger partial charge in [-0.15, -0.1) is 0 Å². The maximum Gasteiger partial charge on any atom is 0.240 e. The number of benzene rings is 1. The van der Waals surface area contributed by atoms with E-state index in [1.807, 2.05) is 12.1 Å². The molecule has 1 heterocycles. The average molecular weight is 292 g/mol. The Morgan fingerprint density at radius 3 is 2.50 bits per heavy atom. The fraction of sp³-hybridized carbons (Fsp3) is 0.214. The summed E-state index contributed by atoms with van der Waals surface area (Å²) in [5.41, 5.74) is 1.40. The molecule has 1 aromatic heterocycles. The second kappa shape index (κ2) is 6.60. The molecule has 0 saturated heterocycles. The molecule has 0 radical (unpaired) electrons. The number of pyridine rings is 1. The molecule has 2 aromatic rings. The van der Waals surface area contributed by atoms with Crippen molar-refractivity contribution in [2.75, 3.05) is 6.54 Å². The van der Waals surface area contributed by atoms with Crippen LogP contribution in [0.2, 0.25) is 0 Å². The molecule has 0 spiro atoms. The summed E-state index contributed by atoms with van der Waals surface area (Å²) in [6, 6.07) is 10.1. The van der Waals surface area contributed by atoms with Gasteiger partial charge in [0.25, 0.3) is 0 Å². The largest absolute Gasteiger partial charge is 0.392 e. The van der Waals surface area contributed by atoms with Crippen LogP contribution in [0.5, 0.6) is 0 Å². The minimum Gasteiger partial charge on any atom is -0.392 e. The van der Waals surface area contributed by atoms with Gasteiger partial charge in [0, 0.05) is 18.9 Å². The molecule has 0 bridgehead atoms. The normalized spacial score (nSPS) is 11.4. The van der Waals surface area contributed by atoms with Crippen LogP contribution in [0.25, 0.3) is 0 Å². The Bertz CT molecular complexity index is 657. The maximum absolute atomic E-state index is 12.2. The molecular weight excluding hydrogens is 276 g/mol. The fourth-order valence-corrected chi connectivity index (χ4v) is 3.12. The van der Waals surface area contributed by atoms with E-state index in [1.54, 1.807) is 30.6 Å². The summed E-state index contributed by atoms with van der Waals surface area (Å²) in [7, 11) is -3.60. The smallest absolute Gasteiger partial charge is 0.240 e. The third-order valence-corrected chi connectivity index (χ3v) is 4.45. The van der Waals surface area contributed by atoms with Crippen LogP contribution < -0.4 is 4.72 Å². The highest BCUT2D eigenvalue weighted by molar-refractivity contribution is 7.89. The van der Waals surface area contributed by atoms with Crippen LogP contribution in [0.3, 0.4) is 0 Å². The molecule has 0 saturated carbocycles. The van der Waals surface area contributed by atoms with Gasteiger partial charge in [0.2, 0.25) is 10.0 Å². The molecule has 1 aromatic carbocycles. The minimum absolute atomic E-state index is 0.122. The zero-order chi connectivity index (χ0) is 14.4. The topological polar surface area (TPSA) is 79.3 Å². The lowest BCUT2D eigenvalue weighted by molar-refractivity contribution is 0.278. The van der Waals surface area contributed by atoms with Gasteiger partial charge in [-0.25, -0.2) is 13.1 Å². The quantitative estimate of drug-likeness (QED) is 0.835. The first-order valence-corrected chi connectivity index (χ1v) is 7.69. The molecule has 0 atom stereocenters. The summed E-state index contributed by atoms with van der Waals surface area (Å²) in [5, 5.41) is 9.19. The van der Waals surface area contributed by atoms with Crippen molar-refractivity contribution in [1.82, 2.24) is 9.71 Å². The van der Waals surface area contributed by atoms with E-state index in [2.05, 4.69) is 9.71 Å². The average Bonchev–Trinajstić information content (AvgIpc) is 2.48. The van der Waals surface area contributed by atoms with Crippen LogP contribution in [0, 0.1) is 0 Å². The molecule has 0 fully saturated rings. The molecule has 0 aliphatic rings. The van der Waals surface area contributed by atoms with Crippen molar-refractivity contribution in [3.05, 3.63) is 59.9 Å². The number of aliphatic hydroxyl groups excluding tert-OH is 1. The molecule has 0 unspecified atom stereocenters. The van der Waals surface area contributed by atoms with Crippen LogP contribution in [-0.2, 0) is 23.1 Å². The lowest BCUT2D eigenvalue weighted by atomic mass is 10.2. The summed E-state index contributed by atoms with van der Waals surface area (Å²) < 4.78 is 26.9. The highest BCUT2D eigenvalue weighted by Gasteiger charge is 2.16. The SMILES string of the molecule is O=S(=O)(NCCc1ccncc1)c1ccccc1CO. The number of hydrogen-bond donors (Lipinski definition) is 2. The van der Waals surface area contributed by atoms with Crippen molar-refractivity contribution >= 4 is 10.0 Å². The highest BCUT2D eigenvalue weighted by atomic mass is 32.2. The lowest BCUT2D eigenvalue weighted by Crippen LogP contribution is -2.27. The lowest BCUT2D eigenvalue weighted by Gasteiger charge is -2.10. The van der Waals surface area contributed by atoms with E-state index in [4.69, 9.17) is 0 Å². The third-order valence-electron chi connectivity index (χ3n) is 2.89. The predicted octanol–water partition coefficient (Wildman–Crippen LogP) is 1.09. The van der Waals surface area contributed by atoms with E-state index < -0.39 is 10.0 Å². The molecule has 5 nitrogen and oxygen atoms in total. The van der Waals surface area contributed by atoms with Crippen LogP contribution in [-0.4, -0.2) is 25.1 Å². The molecular formula is C14H16N2O3S. The Hall–Kier alpha value is -1.76. The number of aromatic nitrogens is 1. The predicted molar refractivity (Wildman–Crippen MR) is 75.5 cm³/mol. The first-order valence-electron chi connectivity index (χ1n) is 6.21. The van der Waals surface area contributed by atoms with Crippen molar-refractivity contribution in [3.63, 3.8) is 0 Å². The van der Waals surface area contributed by atoms with E-state index >= 15 is 0 Å². The van der Waals surface area contributed by atoms with Gasteiger partial charge in [-0.3, -0.25) is 4.98 Å². The Balaban J connectivity index is 2.04. The van der Waals surface area contributed by atoms with E-state index in [0.717, 1.165) is 5.56 Å². The Morgan fingerprint density at radius 2 is 1.80 bits per heavy atom. The van der Waals surface area contributed by atoms with Gasteiger partial charge in [-0.05, 0) is 35.7 Å². The van der Waals surface area contributed by atoms with Gasteiger partial charge in [0.15, 0.2) is 0 Å². The summed E-state index contributed by atoms with van der Waals surface area (Å²) in [5.74, 6) is 0. The van der Waals surface area contributed by atoms with E-state index in [0.29, 0.717) is 18.5 Å². The van der Waals surface area contributed by atoms with Crippen LogP contribution in [0.4, 0.5) is 0 Å². The second-order valence-electron chi connectivity index (χ2n) is 4.27. The first kappa shape index (κ1) is 14.6. The zero-order valence-corrected chi connectivity index (χ0v) is 11.7. The van der Waals surface area contributed by atoms with Crippen LogP contribution in [0.15, 0.2) is 53.7 Å². The van der Waals surface area contributed by atoms with Gasteiger partial charge in [0.1, 0.15) is 0 Å². The summed E-state index contributed by atoms with van der Waals surface area (Å²) in [6.07, 6.45) is 3.93. The molecule has 2 rings (SSSR count). The number of hydrogen-bond acceptors (Lipinski definition) is 4. The Morgan fingerprint density at radius 1 is 1.10 bits per heavy atom. The van der Waals surface area contributed by atoms with E-state index in [9.17, 15) is 13.5 Å². The van der Waals surface area contributed by atoms with Gasteiger partial charge >= 0.3 is 0 Å². The monoisotopic (exact) mass is 292 g/mol. The minimum atomic E-state index is -3.60. The fourth-order valence-electron chi connectivity index (χ4n) is 1.85. The van der Waals surface area contributed by atoms with E-state index in [1.165, 1.54) is 6.07 Å². The summed E-state index contributed by atoms with van der Waals surface area (Å²) in [6.45, 7) is -0.00640. The number of aliphatic hydroxyl groups is 1. The maximum atomic E-state index is 12.2. The number of sulfonamides is 1. The van der Waals surface area contributed by atoms with Crippen molar-refractivity contribution in [2.45, 2.75) is 17.9 Å². The van der Waals surface area contributed by atoms with E-state index in [-0.39, 0.29) is 11.5 Å². The molecule has 20 heavy (non-hydrogen) atoms. The number of nitrogens with one attached hydrogen (secondary N) is 1. The van der Waals surface area contributed by atoms with Gasteiger partial charge in [0.05, 0.1) is 11.5 Å². The van der Waals surface area contributed by atoms with Gasteiger partial charge < -0.3 is 5.11 Å². The van der Waals surface area contributed by atoms with Crippen LogP contribution >= 0.6 is 0 Å². The van der Waals surface area contributed by atoms with Gasteiger partial charge in [-0.1, -0.05) is 18.2 Å². The van der Waals surface area contributed by atoms with Crippen molar-refractivity contribution in [1.29, 1.82) is 0 Å².